The number of aromatic nitrogens is 1. The summed E-state index contributed by atoms with van der Waals surface area (Å²) in [6.07, 6.45) is 3.38. The summed E-state index contributed by atoms with van der Waals surface area (Å²) in [5, 5.41) is 3.26. The van der Waals surface area contributed by atoms with Gasteiger partial charge in [-0.3, -0.25) is 4.79 Å². The van der Waals surface area contributed by atoms with Gasteiger partial charge < -0.3 is 10.3 Å². The van der Waals surface area contributed by atoms with Crippen LogP contribution in [0.4, 0.5) is 0 Å². The first-order valence-electron chi connectivity index (χ1n) is 4.40. The molecule has 2 N–H and O–H groups in total. The Bertz CT molecular complexity index is 322. The van der Waals surface area contributed by atoms with Gasteiger partial charge in [0, 0.05) is 36.1 Å². The van der Waals surface area contributed by atoms with E-state index in [1.165, 1.54) is 0 Å². The van der Waals surface area contributed by atoms with Gasteiger partial charge >= 0.3 is 0 Å². The molecule has 3 nitrogen and oxygen atoms in total. The van der Waals surface area contributed by atoms with Gasteiger partial charge in [-0.05, 0) is 20.8 Å². The summed E-state index contributed by atoms with van der Waals surface area (Å²) in [6.45, 7) is 6.83. The van der Waals surface area contributed by atoms with Crippen LogP contribution in [-0.4, -0.2) is 10.5 Å². The van der Waals surface area contributed by atoms with Crippen LogP contribution in [0.15, 0.2) is 23.3 Å². The van der Waals surface area contributed by atoms with Gasteiger partial charge in [0.05, 0.1) is 0 Å². The van der Waals surface area contributed by atoms with Crippen molar-refractivity contribution in [3.05, 3.63) is 34.2 Å². The highest BCUT2D eigenvalue weighted by Gasteiger charge is 2.08. The van der Waals surface area contributed by atoms with Crippen LogP contribution >= 0.6 is 0 Å². The van der Waals surface area contributed by atoms with E-state index in [0.29, 0.717) is 6.54 Å². The van der Waals surface area contributed by atoms with Crippen molar-refractivity contribution in [1.82, 2.24) is 10.3 Å². The van der Waals surface area contributed by atoms with Crippen molar-refractivity contribution in [1.29, 1.82) is 0 Å². The van der Waals surface area contributed by atoms with E-state index in [1.807, 2.05) is 0 Å². The largest absolute Gasteiger partial charge is 0.367 e. The third-order valence-electron chi connectivity index (χ3n) is 1.71. The summed E-state index contributed by atoms with van der Waals surface area (Å²) in [5.74, 6) is 0. The van der Waals surface area contributed by atoms with Gasteiger partial charge in [-0.1, -0.05) is 0 Å². The standard InChI is InChI=1S/C10H16N2O/c1-10(2,3)12-7-8-6-11-5-4-9(8)13/h4-6,12H,7H2,1-3H3,(H,11,13). The van der Waals surface area contributed by atoms with Crippen LogP contribution in [0.5, 0.6) is 0 Å². The van der Waals surface area contributed by atoms with Crippen molar-refractivity contribution in [3.63, 3.8) is 0 Å². The molecule has 13 heavy (non-hydrogen) atoms. The van der Waals surface area contributed by atoms with E-state index in [-0.39, 0.29) is 11.0 Å². The number of nitrogens with one attached hydrogen (secondary N) is 2. The molecule has 0 atom stereocenters. The Morgan fingerprint density at radius 2 is 2.15 bits per heavy atom. The molecule has 0 amide bonds. The molecule has 1 aromatic rings. The Labute approximate surface area is 78.2 Å². The fourth-order valence-electron chi connectivity index (χ4n) is 0.949. The molecule has 1 aromatic heterocycles. The average Bonchev–Trinajstić information content (AvgIpc) is 2.01. The first-order valence-corrected chi connectivity index (χ1v) is 4.40. The minimum absolute atomic E-state index is 0.0439. The molecule has 0 spiro atoms. The van der Waals surface area contributed by atoms with Crippen molar-refractivity contribution in [3.8, 4) is 0 Å². The Morgan fingerprint density at radius 3 is 2.69 bits per heavy atom. The second kappa shape index (κ2) is 3.75. The first kappa shape index (κ1) is 9.99. The molecule has 0 saturated heterocycles. The van der Waals surface area contributed by atoms with Crippen LogP contribution in [0.1, 0.15) is 26.3 Å². The van der Waals surface area contributed by atoms with Gasteiger partial charge in [0.25, 0.3) is 0 Å². The topological polar surface area (TPSA) is 44.9 Å². The van der Waals surface area contributed by atoms with Crippen molar-refractivity contribution in [2.75, 3.05) is 0 Å². The summed E-state index contributed by atoms with van der Waals surface area (Å²) in [5.41, 5.74) is 0.898. The number of aromatic amines is 1. The molecule has 3 heteroatoms. The van der Waals surface area contributed by atoms with Crippen LogP contribution < -0.4 is 10.7 Å². The normalized spacial score (nSPS) is 11.6. The van der Waals surface area contributed by atoms with E-state index in [9.17, 15) is 4.79 Å². The van der Waals surface area contributed by atoms with E-state index in [0.717, 1.165) is 5.56 Å². The van der Waals surface area contributed by atoms with E-state index < -0.39 is 0 Å². The second-order valence-electron chi connectivity index (χ2n) is 4.14. The van der Waals surface area contributed by atoms with Gasteiger partial charge in [0.1, 0.15) is 0 Å². The lowest BCUT2D eigenvalue weighted by atomic mass is 10.1. The zero-order chi connectivity index (χ0) is 9.90. The molecule has 0 saturated carbocycles. The summed E-state index contributed by atoms with van der Waals surface area (Å²) in [4.78, 5) is 14.2. The molecule has 0 aliphatic carbocycles. The fourth-order valence-corrected chi connectivity index (χ4v) is 0.949. The lowest BCUT2D eigenvalue weighted by Crippen LogP contribution is -2.36. The highest BCUT2D eigenvalue weighted by Crippen LogP contribution is 1.99. The molecule has 0 unspecified atom stereocenters. The number of rotatable bonds is 2. The van der Waals surface area contributed by atoms with Crippen LogP contribution in [0.25, 0.3) is 0 Å². The Hall–Kier alpha value is -1.09. The van der Waals surface area contributed by atoms with Crippen LogP contribution in [0.3, 0.4) is 0 Å². The molecule has 0 bridgehead atoms. The van der Waals surface area contributed by atoms with Gasteiger partial charge in [-0.15, -0.1) is 0 Å². The third-order valence-corrected chi connectivity index (χ3v) is 1.71. The molecular formula is C10H16N2O. The molecule has 1 rings (SSSR count). The van der Waals surface area contributed by atoms with Crippen molar-refractivity contribution >= 4 is 0 Å². The van der Waals surface area contributed by atoms with Crippen LogP contribution in [0, 0.1) is 0 Å². The van der Waals surface area contributed by atoms with Crippen molar-refractivity contribution in [2.24, 2.45) is 0 Å². The van der Waals surface area contributed by atoms with E-state index in [1.54, 1.807) is 18.5 Å². The predicted octanol–water partition coefficient (Wildman–Crippen LogP) is 1.26. The van der Waals surface area contributed by atoms with Gasteiger partial charge in [0.15, 0.2) is 5.43 Å². The lowest BCUT2D eigenvalue weighted by Gasteiger charge is -2.20. The Balaban J connectivity index is 2.66. The molecule has 0 radical (unpaired) electrons. The fraction of sp³-hybridized carbons (Fsp3) is 0.500. The number of pyridine rings is 1. The highest BCUT2D eigenvalue weighted by atomic mass is 16.1. The lowest BCUT2D eigenvalue weighted by molar-refractivity contribution is 0.423. The van der Waals surface area contributed by atoms with Gasteiger partial charge in [-0.25, -0.2) is 0 Å². The summed E-state index contributed by atoms with van der Waals surface area (Å²) >= 11 is 0. The summed E-state index contributed by atoms with van der Waals surface area (Å²) < 4.78 is 0. The number of hydrogen-bond acceptors (Lipinski definition) is 2. The number of hydrogen-bond donors (Lipinski definition) is 2. The maximum absolute atomic E-state index is 11.3. The number of H-pyrrole nitrogens is 1. The molecule has 0 aliphatic rings. The molecule has 1 heterocycles. The Morgan fingerprint density at radius 1 is 1.46 bits per heavy atom. The Kier molecular flexibility index (Phi) is 2.88. The van der Waals surface area contributed by atoms with E-state index in [4.69, 9.17) is 0 Å². The molecule has 0 fully saturated rings. The van der Waals surface area contributed by atoms with Gasteiger partial charge in [-0.2, -0.15) is 0 Å². The molecule has 0 aliphatic heterocycles. The van der Waals surface area contributed by atoms with Crippen molar-refractivity contribution in [2.45, 2.75) is 32.9 Å². The van der Waals surface area contributed by atoms with Crippen LogP contribution in [0.2, 0.25) is 0 Å². The zero-order valence-electron chi connectivity index (χ0n) is 8.35. The minimum Gasteiger partial charge on any atom is -0.367 e. The third kappa shape index (κ3) is 3.42. The summed E-state index contributed by atoms with van der Waals surface area (Å²) in [6, 6.07) is 1.54. The van der Waals surface area contributed by atoms with Crippen molar-refractivity contribution < 1.29 is 0 Å². The molecule has 72 valence electrons. The monoisotopic (exact) mass is 180 g/mol. The second-order valence-corrected chi connectivity index (χ2v) is 4.14. The van der Waals surface area contributed by atoms with Gasteiger partial charge in [0.2, 0.25) is 0 Å². The maximum Gasteiger partial charge on any atom is 0.186 e. The first-order chi connectivity index (χ1) is 5.99. The average molecular weight is 180 g/mol. The predicted molar refractivity (Wildman–Crippen MR) is 53.7 cm³/mol. The smallest absolute Gasteiger partial charge is 0.186 e. The molecular weight excluding hydrogens is 164 g/mol. The van der Waals surface area contributed by atoms with E-state index in [2.05, 4.69) is 31.1 Å². The SMILES string of the molecule is CC(C)(C)NCc1c[nH]ccc1=O. The maximum atomic E-state index is 11.3. The quantitative estimate of drug-likeness (QED) is 0.719. The molecule has 0 aromatic carbocycles. The highest BCUT2D eigenvalue weighted by molar-refractivity contribution is 5.09. The van der Waals surface area contributed by atoms with Crippen LogP contribution in [-0.2, 0) is 6.54 Å². The minimum atomic E-state index is 0.0439. The zero-order valence-corrected chi connectivity index (χ0v) is 8.35. The van der Waals surface area contributed by atoms with E-state index >= 15 is 0 Å². The summed E-state index contributed by atoms with van der Waals surface area (Å²) in [7, 11) is 0.